The van der Waals surface area contributed by atoms with Crippen molar-refractivity contribution >= 4 is 17.5 Å². The Morgan fingerprint density at radius 3 is 2.81 bits per heavy atom. The van der Waals surface area contributed by atoms with E-state index < -0.39 is 5.97 Å². The average Bonchev–Trinajstić information content (AvgIpc) is 3.33. The van der Waals surface area contributed by atoms with Gasteiger partial charge in [-0.15, -0.1) is 10.2 Å². The number of benzene rings is 1. The van der Waals surface area contributed by atoms with Gasteiger partial charge in [0, 0.05) is 18.3 Å². The number of nitrogens with zero attached hydrogens (tertiary/aromatic N) is 4. The Morgan fingerprint density at radius 2 is 1.96 bits per heavy atom. The van der Waals surface area contributed by atoms with Crippen LogP contribution < -0.4 is 0 Å². The van der Waals surface area contributed by atoms with Crippen molar-refractivity contribution in [2.45, 2.75) is 18.9 Å². The van der Waals surface area contributed by atoms with Crippen LogP contribution >= 0.6 is 0 Å². The quantitative estimate of drug-likeness (QED) is 0.678. The number of ether oxygens (including phenoxy) is 1. The van der Waals surface area contributed by atoms with Crippen molar-refractivity contribution in [3.05, 3.63) is 65.6 Å². The Hall–Kier alpha value is -3.22. The van der Waals surface area contributed by atoms with Crippen LogP contribution in [0.15, 0.2) is 48.7 Å². The Morgan fingerprint density at radius 1 is 1.12 bits per heavy atom. The summed E-state index contributed by atoms with van der Waals surface area (Å²) >= 11 is 0. The molecule has 1 unspecified atom stereocenters. The van der Waals surface area contributed by atoms with E-state index in [2.05, 4.69) is 10.2 Å². The van der Waals surface area contributed by atoms with Crippen LogP contribution in [-0.2, 0) is 4.74 Å². The van der Waals surface area contributed by atoms with Gasteiger partial charge >= 0.3 is 5.97 Å². The van der Waals surface area contributed by atoms with E-state index in [0.717, 1.165) is 24.3 Å². The third-order valence-corrected chi connectivity index (χ3v) is 4.68. The molecule has 0 bridgehead atoms. The van der Waals surface area contributed by atoms with Gasteiger partial charge in [0.1, 0.15) is 0 Å². The molecule has 1 atom stereocenters. The summed E-state index contributed by atoms with van der Waals surface area (Å²) in [5, 5.41) is 8.50. The highest BCUT2D eigenvalue weighted by molar-refractivity contribution is 5.98. The van der Waals surface area contributed by atoms with Gasteiger partial charge in [-0.25, -0.2) is 4.79 Å². The van der Waals surface area contributed by atoms with Crippen LogP contribution in [0.5, 0.6) is 0 Å². The zero-order chi connectivity index (χ0) is 18.1. The molecule has 2 aromatic heterocycles. The number of pyridine rings is 1. The minimum atomic E-state index is -0.457. The zero-order valence-corrected chi connectivity index (χ0v) is 14.3. The first-order valence-electron chi connectivity index (χ1n) is 8.48. The van der Waals surface area contributed by atoms with Crippen LogP contribution in [0.25, 0.3) is 5.65 Å². The fourth-order valence-corrected chi connectivity index (χ4v) is 3.43. The maximum Gasteiger partial charge on any atom is 0.337 e. The molecule has 7 nitrogen and oxygen atoms in total. The molecule has 1 aromatic carbocycles. The van der Waals surface area contributed by atoms with E-state index in [1.807, 2.05) is 28.8 Å². The normalized spacial score (nSPS) is 16.8. The van der Waals surface area contributed by atoms with E-state index >= 15 is 0 Å². The summed E-state index contributed by atoms with van der Waals surface area (Å²) in [7, 11) is 1.32. The molecule has 0 N–H and O–H groups in total. The number of rotatable bonds is 3. The molecule has 3 aromatic rings. The van der Waals surface area contributed by atoms with Crippen molar-refractivity contribution in [1.82, 2.24) is 19.5 Å². The lowest BCUT2D eigenvalue weighted by Crippen LogP contribution is -2.31. The lowest BCUT2D eigenvalue weighted by atomic mass is 10.1. The highest BCUT2D eigenvalue weighted by Gasteiger charge is 2.33. The Labute approximate surface area is 150 Å². The van der Waals surface area contributed by atoms with Gasteiger partial charge in [0.25, 0.3) is 5.91 Å². The van der Waals surface area contributed by atoms with E-state index in [1.54, 1.807) is 29.2 Å². The predicted molar refractivity (Wildman–Crippen MR) is 93.8 cm³/mol. The number of hydrogen-bond donors (Lipinski definition) is 0. The van der Waals surface area contributed by atoms with Crippen molar-refractivity contribution in [3.8, 4) is 0 Å². The van der Waals surface area contributed by atoms with Crippen molar-refractivity contribution in [2.24, 2.45) is 0 Å². The van der Waals surface area contributed by atoms with Crippen molar-refractivity contribution < 1.29 is 14.3 Å². The molecule has 7 heteroatoms. The maximum atomic E-state index is 13.1. The lowest BCUT2D eigenvalue weighted by Gasteiger charge is -2.23. The second kappa shape index (κ2) is 6.59. The number of esters is 1. The number of fused-ring (bicyclic) bond motifs is 1. The fraction of sp³-hybridized carbons (Fsp3) is 0.263. The molecule has 1 amide bonds. The van der Waals surface area contributed by atoms with Crippen molar-refractivity contribution in [2.75, 3.05) is 13.7 Å². The number of likely N-dealkylation sites (tertiary alicyclic amines) is 1. The second-order valence-electron chi connectivity index (χ2n) is 6.22. The Kier molecular flexibility index (Phi) is 4.12. The smallest absolute Gasteiger partial charge is 0.337 e. The van der Waals surface area contributed by atoms with Gasteiger partial charge in [-0.3, -0.25) is 9.20 Å². The molecular weight excluding hydrogens is 332 g/mol. The monoisotopic (exact) mass is 350 g/mol. The zero-order valence-electron chi connectivity index (χ0n) is 14.3. The highest BCUT2D eigenvalue weighted by atomic mass is 16.5. The number of hydrogen-bond acceptors (Lipinski definition) is 5. The van der Waals surface area contributed by atoms with Gasteiger partial charge in [-0.1, -0.05) is 12.1 Å². The van der Waals surface area contributed by atoms with Gasteiger partial charge in [-0.2, -0.15) is 0 Å². The molecular formula is C19H18N4O3. The summed E-state index contributed by atoms with van der Waals surface area (Å²) in [6.45, 7) is 0.647. The number of carbonyl (C=O) groups excluding carboxylic acids is 2. The summed E-state index contributed by atoms with van der Waals surface area (Å²) in [4.78, 5) is 26.6. The average molecular weight is 350 g/mol. The Bertz CT molecular complexity index is 982. The van der Waals surface area contributed by atoms with Gasteiger partial charge < -0.3 is 9.64 Å². The Balaban J connectivity index is 1.66. The first kappa shape index (κ1) is 16.3. The molecule has 26 heavy (non-hydrogen) atoms. The first-order valence-corrected chi connectivity index (χ1v) is 8.48. The van der Waals surface area contributed by atoms with E-state index in [-0.39, 0.29) is 11.9 Å². The van der Waals surface area contributed by atoms with E-state index in [4.69, 9.17) is 4.74 Å². The molecule has 0 saturated carbocycles. The lowest BCUT2D eigenvalue weighted by molar-refractivity contribution is 0.0600. The molecule has 4 rings (SSSR count). The second-order valence-corrected chi connectivity index (χ2v) is 6.22. The third kappa shape index (κ3) is 2.71. The minimum Gasteiger partial charge on any atom is -0.465 e. The third-order valence-electron chi connectivity index (χ3n) is 4.68. The highest BCUT2D eigenvalue weighted by Crippen LogP contribution is 2.32. The van der Waals surface area contributed by atoms with Crippen LogP contribution in [0.1, 0.15) is 45.4 Å². The van der Waals surface area contributed by atoms with Gasteiger partial charge in [0.05, 0.1) is 18.7 Å². The summed E-state index contributed by atoms with van der Waals surface area (Å²) < 4.78 is 6.66. The largest absolute Gasteiger partial charge is 0.465 e. The number of methoxy groups -OCH3 is 1. The summed E-state index contributed by atoms with van der Waals surface area (Å²) in [6.07, 6.45) is 3.64. The molecule has 0 aliphatic carbocycles. The fourth-order valence-electron chi connectivity index (χ4n) is 3.43. The molecule has 1 aliphatic rings. The summed E-state index contributed by atoms with van der Waals surface area (Å²) in [6, 6.07) is 12.2. The number of aromatic nitrogens is 3. The predicted octanol–water partition coefficient (Wildman–Crippen LogP) is 2.49. The SMILES string of the molecule is COC(=O)c1cccc(C(=O)N2CCCC2c2nnc3ccccn23)c1. The van der Waals surface area contributed by atoms with Gasteiger partial charge in [-0.05, 0) is 43.2 Å². The topological polar surface area (TPSA) is 76.8 Å². The van der Waals surface area contributed by atoms with Gasteiger partial charge in [0.2, 0.25) is 0 Å². The molecule has 1 aliphatic heterocycles. The van der Waals surface area contributed by atoms with E-state index in [9.17, 15) is 9.59 Å². The van der Waals surface area contributed by atoms with Crippen LogP contribution in [0, 0.1) is 0 Å². The van der Waals surface area contributed by atoms with Crippen LogP contribution in [-0.4, -0.2) is 45.0 Å². The molecule has 0 spiro atoms. The van der Waals surface area contributed by atoms with Crippen molar-refractivity contribution in [1.29, 1.82) is 0 Å². The molecule has 1 saturated heterocycles. The number of amides is 1. The molecule has 132 valence electrons. The van der Waals surface area contributed by atoms with Crippen LogP contribution in [0.2, 0.25) is 0 Å². The van der Waals surface area contributed by atoms with Crippen molar-refractivity contribution in [3.63, 3.8) is 0 Å². The summed E-state index contributed by atoms with van der Waals surface area (Å²) in [5.41, 5.74) is 1.59. The van der Waals surface area contributed by atoms with Crippen LogP contribution in [0.3, 0.4) is 0 Å². The first-order chi connectivity index (χ1) is 12.7. The molecule has 3 heterocycles. The maximum absolute atomic E-state index is 13.1. The van der Waals surface area contributed by atoms with Crippen LogP contribution in [0.4, 0.5) is 0 Å². The molecule has 1 fully saturated rings. The summed E-state index contributed by atoms with van der Waals surface area (Å²) in [5.74, 6) is 0.183. The van der Waals surface area contributed by atoms with E-state index in [0.29, 0.717) is 17.7 Å². The van der Waals surface area contributed by atoms with E-state index in [1.165, 1.54) is 7.11 Å². The number of carbonyl (C=O) groups is 2. The molecule has 0 radical (unpaired) electrons. The standard InChI is InChI=1S/C19H18N4O3/c1-26-19(25)14-7-4-6-13(12-14)18(24)22-11-5-8-15(22)17-21-20-16-9-2-3-10-23(16)17/h2-4,6-7,9-10,12,15H,5,8,11H2,1H3. The minimum absolute atomic E-state index is 0.120. The van der Waals surface area contributed by atoms with Gasteiger partial charge in [0.15, 0.2) is 11.5 Å².